The van der Waals surface area contributed by atoms with Gasteiger partial charge in [0.25, 0.3) is 5.91 Å². The SMILES string of the molecule is Cc1nc(-c2cccc(C(=O)N3CC(=O)Nc4ccccc43)c2)cs1. The summed E-state index contributed by atoms with van der Waals surface area (Å²) in [5, 5.41) is 5.75. The highest BCUT2D eigenvalue weighted by Crippen LogP contribution is 2.31. The molecule has 0 unspecified atom stereocenters. The quantitative estimate of drug-likeness (QED) is 0.767. The van der Waals surface area contributed by atoms with Crippen LogP contribution in [0.25, 0.3) is 11.3 Å². The van der Waals surface area contributed by atoms with Gasteiger partial charge in [-0.05, 0) is 31.2 Å². The molecule has 5 nitrogen and oxygen atoms in total. The zero-order valence-electron chi connectivity index (χ0n) is 13.5. The molecule has 0 fully saturated rings. The monoisotopic (exact) mass is 349 g/mol. The Morgan fingerprint density at radius 3 is 2.84 bits per heavy atom. The van der Waals surface area contributed by atoms with Crippen molar-refractivity contribution in [2.45, 2.75) is 6.92 Å². The molecule has 1 aliphatic rings. The number of carbonyl (C=O) groups excluding carboxylic acids is 2. The van der Waals surface area contributed by atoms with Crippen molar-refractivity contribution in [3.63, 3.8) is 0 Å². The van der Waals surface area contributed by atoms with E-state index in [1.807, 2.05) is 48.7 Å². The first kappa shape index (κ1) is 15.5. The number of rotatable bonds is 2. The lowest BCUT2D eigenvalue weighted by atomic mass is 10.1. The fourth-order valence-electron chi connectivity index (χ4n) is 2.88. The van der Waals surface area contributed by atoms with Crippen LogP contribution in [0.1, 0.15) is 15.4 Å². The number of nitrogens with one attached hydrogen (secondary N) is 1. The van der Waals surface area contributed by atoms with Crippen LogP contribution < -0.4 is 10.2 Å². The van der Waals surface area contributed by atoms with Crippen LogP contribution in [0, 0.1) is 6.92 Å². The number of hydrogen-bond acceptors (Lipinski definition) is 4. The fourth-order valence-corrected chi connectivity index (χ4v) is 3.50. The lowest BCUT2D eigenvalue weighted by molar-refractivity contribution is -0.115. The second-order valence-corrected chi connectivity index (χ2v) is 6.85. The van der Waals surface area contributed by atoms with Gasteiger partial charge in [-0.2, -0.15) is 0 Å². The van der Waals surface area contributed by atoms with E-state index in [9.17, 15) is 9.59 Å². The van der Waals surface area contributed by atoms with Crippen molar-refractivity contribution in [3.8, 4) is 11.3 Å². The van der Waals surface area contributed by atoms with Gasteiger partial charge in [-0.25, -0.2) is 4.98 Å². The average molecular weight is 349 g/mol. The van der Waals surface area contributed by atoms with E-state index in [0.717, 1.165) is 16.3 Å². The standard InChI is InChI=1S/C19H15N3O2S/c1-12-20-16(11-25-12)13-5-4-6-14(9-13)19(24)22-10-18(23)21-15-7-2-3-8-17(15)22/h2-9,11H,10H2,1H3,(H,21,23). The van der Waals surface area contributed by atoms with Crippen molar-refractivity contribution in [1.82, 2.24) is 4.98 Å². The summed E-state index contributed by atoms with van der Waals surface area (Å²) in [6.07, 6.45) is 0. The van der Waals surface area contributed by atoms with Crippen molar-refractivity contribution in [1.29, 1.82) is 0 Å². The molecule has 6 heteroatoms. The van der Waals surface area contributed by atoms with Crippen LogP contribution >= 0.6 is 11.3 Å². The van der Waals surface area contributed by atoms with Gasteiger partial charge >= 0.3 is 0 Å². The summed E-state index contributed by atoms with van der Waals surface area (Å²) in [6.45, 7) is 1.96. The van der Waals surface area contributed by atoms with Gasteiger partial charge in [0.1, 0.15) is 6.54 Å². The number of carbonyl (C=O) groups is 2. The second-order valence-electron chi connectivity index (χ2n) is 5.79. The topological polar surface area (TPSA) is 62.3 Å². The molecule has 4 rings (SSSR count). The van der Waals surface area contributed by atoms with Crippen molar-refractivity contribution < 1.29 is 9.59 Å². The van der Waals surface area contributed by atoms with Gasteiger partial charge in [0, 0.05) is 16.5 Å². The Morgan fingerprint density at radius 2 is 2.04 bits per heavy atom. The first-order valence-corrected chi connectivity index (χ1v) is 8.73. The van der Waals surface area contributed by atoms with Crippen molar-refractivity contribution >= 4 is 34.5 Å². The third kappa shape index (κ3) is 2.92. The Balaban J connectivity index is 1.71. The summed E-state index contributed by atoms with van der Waals surface area (Å²) in [5.74, 6) is -0.394. The Labute approximate surface area is 148 Å². The zero-order chi connectivity index (χ0) is 17.4. The second kappa shape index (κ2) is 6.14. The number of hydrogen-bond donors (Lipinski definition) is 1. The minimum absolute atomic E-state index is 0.00981. The highest BCUT2D eigenvalue weighted by atomic mass is 32.1. The van der Waals surface area contributed by atoms with Crippen LogP contribution in [-0.4, -0.2) is 23.3 Å². The minimum atomic E-state index is -0.198. The predicted molar refractivity (Wildman–Crippen MR) is 99.0 cm³/mol. The normalized spacial score (nSPS) is 13.3. The molecule has 2 aromatic carbocycles. The molecule has 2 amide bonds. The number of aromatic nitrogens is 1. The molecule has 0 atom stereocenters. The molecule has 0 saturated carbocycles. The van der Waals surface area contributed by atoms with Gasteiger partial charge in [-0.3, -0.25) is 14.5 Å². The summed E-state index contributed by atoms with van der Waals surface area (Å²) in [7, 11) is 0. The predicted octanol–water partition coefficient (Wildman–Crippen LogP) is 3.72. The third-order valence-corrected chi connectivity index (χ3v) is 4.81. The number of anilines is 2. The Hall–Kier alpha value is -2.99. The van der Waals surface area contributed by atoms with Gasteiger partial charge in [0.15, 0.2) is 0 Å². The Kier molecular flexibility index (Phi) is 3.82. The van der Waals surface area contributed by atoms with Crippen LogP contribution in [0.15, 0.2) is 53.9 Å². The molecule has 3 aromatic rings. The highest BCUT2D eigenvalue weighted by Gasteiger charge is 2.27. The molecule has 0 saturated heterocycles. The number of fused-ring (bicyclic) bond motifs is 1. The molecule has 2 heterocycles. The van der Waals surface area contributed by atoms with Crippen molar-refractivity contribution in [3.05, 3.63) is 64.5 Å². The van der Waals surface area contributed by atoms with E-state index in [-0.39, 0.29) is 18.4 Å². The number of thiazole rings is 1. The van der Waals surface area contributed by atoms with Crippen LogP contribution in [0.4, 0.5) is 11.4 Å². The van der Waals surface area contributed by atoms with Crippen LogP contribution in [0.3, 0.4) is 0 Å². The molecule has 124 valence electrons. The summed E-state index contributed by atoms with van der Waals surface area (Å²) in [5.41, 5.74) is 3.65. The van der Waals surface area contributed by atoms with Crippen LogP contribution in [0.5, 0.6) is 0 Å². The van der Waals surface area contributed by atoms with Gasteiger partial charge in [-0.15, -0.1) is 11.3 Å². The highest BCUT2D eigenvalue weighted by molar-refractivity contribution is 7.09. The Morgan fingerprint density at radius 1 is 1.20 bits per heavy atom. The summed E-state index contributed by atoms with van der Waals surface area (Å²) >= 11 is 1.57. The summed E-state index contributed by atoms with van der Waals surface area (Å²) < 4.78 is 0. The summed E-state index contributed by atoms with van der Waals surface area (Å²) in [4.78, 5) is 31.0. The molecule has 0 aliphatic carbocycles. The largest absolute Gasteiger partial charge is 0.323 e. The molecule has 0 spiro atoms. The van der Waals surface area contributed by atoms with Crippen LogP contribution in [-0.2, 0) is 4.79 Å². The fraction of sp³-hybridized carbons (Fsp3) is 0.105. The third-order valence-electron chi connectivity index (χ3n) is 4.04. The van der Waals surface area contributed by atoms with Gasteiger partial charge in [0.2, 0.25) is 5.91 Å². The first-order valence-electron chi connectivity index (χ1n) is 7.85. The van der Waals surface area contributed by atoms with E-state index in [0.29, 0.717) is 16.9 Å². The van der Waals surface area contributed by atoms with Gasteiger partial charge < -0.3 is 5.32 Å². The molecular formula is C19H15N3O2S. The summed E-state index contributed by atoms with van der Waals surface area (Å²) in [6, 6.07) is 14.7. The average Bonchev–Trinajstić information content (AvgIpc) is 3.07. The lowest BCUT2D eigenvalue weighted by Crippen LogP contribution is -2.42. The number of para-hydroxylation sites is 2. The molecule has 0 radical (unpaired) electrons. The maximum absolute atomic E-state index is 13.0. The van der Waals surface area contributed by atoms with Crippen LogP contribution in [0.2, 0.25) is 0 Å². The number of nitrogens with zero attached hydrogens (tertiary/aromatic N) is 2. The molecule has 1 aliphatic heterocycles. The van der Waals surface area contributed by atoms with E-state index >= 15 is 0 Å². The smallest absolute Gasteiger partial charge is 0.258 e. The lowest BCUT2D eigenvalue weighted by Gasteiger charge is -2.29. The van der Waals surface area contributed by atoms with Gasteiger partial charge in [-0.1, -0.05) is 24.3 Å². The zero-order valence-corrected chi connectivity index (χ0v) is 14.3. The molecule has 0 bridgehead atoms. The van der Waals surface area contributed by atoms with E-state index in [4.69, 9.17) is 0 Å². The minimum Gasteiger partial charge on any atom is -0.323 e. The molecular weight excluding hydrogens is 334 g/mol. The van der Waals surface area contributed by atoms with E-state index in [2.05, 4.69) is 10.3 Å². The van der Waals surface area contributed by atoms with Crippen molar-refractivity contribution in [2.75, 3.05) is 16.8 Å². The van der Waals surface area contributed by atoms with Crippen molar-refractivity contribution in [2.24, 2.45) is 0 Å². The molecule has 1 aromatic heterocycles. The number of amides is 2. The number of benzene rings is 2. The van der Waals surface area contributed by atoms with E-state index < -0.39 is 0 Å². The van der Waals surface area contributed by atoms with Gasteiger partial charge in [0.05, 0.1) is 22.1 Å². The number of aryl methyl sites for hydroxylation is 1. The molecule has 1 N–H and O–H groups in total. The Bertz CT molecular complexity index is 980. The molecule has 25 heavy (non-hydrogen) atoms. The maximum Gasteiger partial charge on any atom is 0.258 e. The first-order chi connectivity index (χ1) is 12.1. The maximum atomic E-state index is 13.0. The van der Waals surface area contributed by atoms with E-state index in [1.54, 1.807) is 23.5 Å². The van der Waals surface area contributed by atoms with E-state index in [1.165, 1.54) is 4.90 Å².